The first kappa shape index (κ1) is 27.8. The molecule has 1 atom stereocenters. The first-order valence-corrected chi connectivity index (χ1v) is 12.9. The summed E-state index contributed by atoms with van der Waals surface area (Å²) in [6.07, 6.45) is 12.2. The van der Waals surface area contributed by atoms with Crippen molar-refractivity contribution in [3.63, 3.8) is 0 Å². The molecule has 0 fully saturated rings. The Morgan fingerprint density at radius 3 is 2.34 bits per heavy atom. The highest BCUT2D eigenvalue weighted by molar-refractivity contribution is 7.98. The average molecular weight is 464 g/mol. The zero-order valence-electron chi connectivity index (χ0n) is 19.4. The second-order valence-corrected chi connectivity index (χ2v) is 9.01. The number of aliphatic imine (C=N–C) groups is 1. The topological polar surface area (TPSA) is 126 Å². The molecule has 0 aliphatic carbocycles. The predicted octanol–water partition coefficient (Wildman–Crippen LogP) is 3.85. The van der Waals surface area contributed by atoms with Crippen LogP contribution in [0.3, 0.4) is 0 Å². The largest absolute Gasteiger partial charge is 0.370 e. The molecule has 0 aliphatic rings. The van der Waals surface area contributed by atoms with Gasteiger partial charge in [0.1, 0.15) is 0 Å². The van der Waals surface area contributed by atoms with Crippen molar-refractivity contribution in [3.8, 4) is 0 Å². The first-order chi connectivity index (χ1) is 15.5. The number of nitrogens with one attached hydrogen (secondary N) is 2. The van der Waals surface area contributed by atoms with Crippen LogP contribution in [0, 0.1) is 0 Å². The number of carbonyl (C=O) groups is 1. The minimum atomic E-state index is -0.232. The van der Waals surface area contributed by atoms with Gasteiger partial charge in [0, 0.05) is 6.42 Å². The smallest absolute Gasteiger partial charge is 0.220 e. The van der Waals surface area contributed by atoms with Crippen molar-refractivity contribution >= 4 is 23.6 Å². The van der Waals surface area contributed by atoms with Crippen LogP contribution in [0.25, 0.3) is 0 Å². The summed E-state index contributed by atoms with van der Waals surface area (Å²) in [6.45, 7) is 4.30. The van der Waals surface area contributed by atoms with Crippen molar-refractivity contribution < 1.29 is 10.0 Å². The summed E-state index contributed by atoms with van der Waals surface area (Å²) in [7, 11) is 0. The van der Waals surface area contributed by atoms with E-state index in [4.69, 9.17) is 16.7 Å². The number of unbranched alkanes of at least 4 members (excludes halogenated alkanes) is 6. The minimum Gasteiger partial charge on any atom is -0.370 e. The van der Waals surface area contributed by atoms with E-state index < -0.39 is 0 Å². The Kier molecular flexibility index (Phi) is 15.1. The minimum absolute atomic E-state index is 0.0203. The number of aryl methyl sites for hydroxylation is 1. The molecule has 0 saturated heterocycles. The number of rotatable bonds is 18. The van der Waals surface area contributed by atoms with E-state index in [1.165, 1.54) is 30.4 Å². The fourth-order valence-electron chi connectivity index (χ4n) is 3.53. The zero-order valence-corrected chi connectivity index (χ0v) is 20.3. The van der Waals surface area contributed by atoms with Gasteiger partial charge in [-0.2, -0.15) is 11.8 Å². The SMILES string of the molecule is C=C(NO)[C@@H](CCSC)NC(=O)CCCCCCCCCc1ccccc1CN=C(N)N. The fraction of sp³-hybridized carbons (Fsp3) is 0.583. The highest BCUT2D eigenvalue weighted by Gasteiger charge is 2.14. The van der Waals surface area contributed by atoms with Crippen molar-refractivity contribution in [2.24, 2.45) is 16.5 Å². The molecule has 1 aromatic rings. The molecule has 1 rings (SSSR count). The average Bonchev–Trinajstić information content (AvgIpc) is 2.79. The number of nitrogens with zero attached hydrogens (tertiary/aromatic N) is 1. The first-order valence-electron chi connectivity index (χ1n) is 11.5. The summed E-state index contributed by atoms with van der Waals surface area (Å²) < 4.78 is 0. The summed E-state index contributed by atoms with van der Waals surface area (Å²) in [5.74, 6) is 1.04. The molecule has 0 aromatic heterocycles. The van der Waals surface area contributed by atoms with E-state index in [-0.39, 0.29) is 17.9 Å². The molecule has 0 aliphatic heterocycles. The van der Waals surface area contributed by atoms with E-state index in [0.717, 1.165) is 44.3 Å². The molecule has 0 spiro atoms. The Balaban J connectivity index is 2.14. The number of hydroxylamine groups is 1. The molecule has 0 bridgehead atoms. The van der Waals surface area contributed by atoms with Crippen LogP contribution in [0.15, 0.2) is 41.5 Å². The van der Waals surface area contributed by atoms with Crippen molar-refractivity contribution in [2.75, 3.05) is 12.0 Å². The quantitative estimate of drug-likeness (QED) is 0.0974. The number of benzene rings is 1. The second-order valence-electron chi connectivity index (χ2n) is 8.02. The number of hydrogen-bond donors (Lipinski definition) is 5. The molecule has 7 N–H and O–H groups in total. The van der Waals surface area contributed by atoms with Gasteiger partial charge < -0.3 is 16.8 Å². The maximum atomic E-state index is 12.2. The van der Waals surface area contributed by atoms with Gasteiger partial charge in [0.05, 0.1) is 18.3 Å². The van der Waals surface area contributed by atoms with Crippen LogP contribution in [0.5, 0.6) is 0 Å². The van der Waals surface area contributed by atoms with Crippen molar-refractivity contribution in [2.45, 2.75) is 76.8 Å². The van der Waals surface area contributed by atoms with Gasteiger partial charge in [-0.15, -0.1) is 0 Å². The molecule has 0 saturated carbocycles. The standard InChI is InChI=1S/C24H41N5O2S/c1-19(29-31)22(16-17-32-2)28-23(30)15-9-7-5-3-4-6-8-12-20-13-10-11-14-21(20)18-27-24(25)26/h10-11,13-14,22,29,31H,1,3-9,12,15-18H2,2H3,(H,28,30)(H4,25,26,27)/t22-/m1/s1. The molecule has 7 nitrogen and oxygen atoms in total. The lowest BCUT2D eigenvalue weighted by atomic mass is 10.00. The number of hydrogen-bond acceptors (Lipinski definition) is 5. The predicted molar refractivity (Wildman–Crippen MR) is 136 cm³/mol. The number of thioether (sulfide) groups is 1. The molecule has 180 valence electrons. The van der Waals surface area contributed by atoms with Crippen LogP contribution in [0.4, 0.5) is 0 Å². The monoisotopic (exact) mass is 463 g/mol. The van der Waals surface area contributed by atoms with Crippen LogP contribution in [-0.2, 0) is 17.8 Å². The van der Waals surface area contributed by atoms with Crippen molar-refractivity contribution in [3.05, 3.63) is 47.7 Å². The van der Waals surface area contributed by atoms with Crippen LogP contribution in [0.2, 0.25) is 0 Å². The van der Waals surface area contributed by atoms with E-state index >= 15 is 0 Å². The Bertz CT molecular complexity index is 707. The van der Waals surface area contributed by atoms with E-state index in [9.17, 15) is 4.79 Å². The molecule has 0 heterocycles. The summed E-state index contributed by atoms with van der Waals surface area (Å²) in [4.78, 5) is 16.3. The number of nitrogens with two attached hydrogens (primary N) is 2. The van der Waals surface area contributed by atoms with E-state index in [1.54, 1.807) is 11.8 Å². The van der Waals surface area contributed by atoms with Gasteiger partial charge in [-0.3, -0.25) is 15.5 Å². The number of guanidine groups is 1. The third-order valence-corrected chi connectivity index (χ3v) is 6.05. The van der Waals surface area contributed by atoms with Crippen molar-refractivity contribution in [1.29, 1.82) is 0 Å². The Morgan fingerprint density at radius 1 is 1.09 bits per heavy atom. The maximum Gasteiger partial charge on any atom is 0.220 e. The molecule has 1 aromatic carbocycles. The molecular weight excluding hydrogens is 422 g/mol. The van der Waals surface area contributed by atoms with Gasteiger partial charge in [-0.1, -0.05) is 62.9 Å². The molecule has 0 radical (unpaired) electrons. The maximum absolute atomic E-state index is 12.2. The lowest BCUT2D eigenvalue weighted by Gasteiger charge is -2.19. The van der Waals surface area contributed by atoms with Gasteiger partial charge in [0.25, 0.3) is 0 Å². The summed E-state index contributed by atoms with van der Waals surface area (Å²) >= 11 is 1.70. The van der Waals surface area contributed by atoms with Crippen LogP contribution in [0.1, 0.15) is 68.9 Å². The van der Waals surface area contributed by atoms with E-state index in [0.29, 0.717) is 18.7 Å². The van der Waals surface area contributed by atoms with Crippen LogP contribution < -0.4 is 22.3 Å². The van der Waals surface area contributed by atoms with Gasteiger partial charge in [-0.05, 0) is 48.8 Å². The van der Waals surface area contributed by atoms with Gasteiger partial charge >= 0.3 is 0 Å². The molecular formula is C24H41N5O2S. The Morgan fingerprint density at radius 2 is 1.72 bits per heavy atom. The molecule has 0 unspecified atom stereocenters. The fourth-order valence-corrected chi connectivity index (χ4v) is 4.00. The van der Waals surface area contributed by atoms with Gasteiger partial charge in [0.15, 0.2) is 5.96 Å². The lowest BCUT2D eigenvalue weighted by molar-refractivity contribution is -0.121. The number of amides is 1. The summed E-state index contributed by atoms with van der Waals surface area (Å²) in [5, 5.41) is 12.0. The summed E-state index contributed by atoms with van der Waals surface area (Å²) in [6, 6.07) is 8.08. The third-order valence-electron chi connectivity index (χ3n) is 5.41. The zero-order chi connectivity index (χ0) is 23.6. The lowest BCUT2D eigenvalue weighted by Crippen LogP contribution is -2.39. The van der Waals surface area contributed by atoms with Crippen molar-refractivity contribution in [1.82, 2.24) is 10.8 Å². The van der Waals surface area contributed by atoms with Crippen LogP contribution in [-0.4, -0.2) is 35.1 Å². The highest BCUT2D eigenvalue weighted by Crippen LogP contribution is 2.16. The summed E-state index contributed by atoms with van der Waals surface area (Å²) in [5.41, 5.74) is 15.9. The van der Waals surface area contributed by atoms with Gasteiger partial charge in [-0.25, -0.2) is 4.99 Å². The molecule has 1 amide bonds. The second kappa shape index (κ2) is 17.4. The highest BCUT2D eigenvalue weighted by atomic mass is 32.2. The molecule has 8 heteroatoms. The Labute approximate surface area is 197 Å². The van der Waals surface area contributed by atoms with E-state index in [1.807, 2.05) is 12.3 Å². The Hall–Kier alpha value is -2.19. The third kappa shape index (κ3) is 12.6. The normalized spacial score (nSPS) is 11.6. The molecule has 32 heavy (non-hydrogen) atoms. The number of carbonyl (C=O) groups excluding carboxylic acids is 1. The van der Waals surface area contributed by atoms with Crippen LogP contribution >= 0.6 is 11.8 Å². The van der Waals surface area contributed by atoms with Gasteiger partial charge in [0.2, 0.25) is 5.91 Å². The van der Waals surface area contributed by atoms with E-state index in [2.05, 4.69) is 40.6 Å².